The van der Waals surface area contributed by atoms with Gasteiger partial charge in [-0.05, 0) is 43.5 Å². The van der Waals surface area contributed by atoms with E-state index in [-0.39, 0.29) is 0 Å². The molecule has 1 aromatic carbocycles. The Kier molecular flexibility index (Phi) is 3.71. The molecule has 2 aliphatic rings. The van der Waals surface area contributed by atoms with Crippen molar-refractivity contribution < 1.29 is 17.9 Å². The zero-order chi connectivity index (χ0) is 15.1. The van der Waals surface area contributed by atoms with Crippen molar-refractivity contribution in [2.75, 3.05) is 25.6 Å². The van der Waals surface area contributed by atoms with E-state index >= 15 is 0 Å². The van der Waals surface area contributed by atoms with Gasteiger partial charge in [0.25, 0.3) is 0 Å². The summed E-state index contributed by atoms with van der Waals surface area (Å²) in [7, 11) is -3.36. The summed E-state index contributed by atoms with van der Waals surface area (Å²) in [5.41, 5.74) is 6.60. The third-order valence-electron chi connectivity index (χ3n) is 4.46. The Morgan fingerprint density at radius 3 is 2.81 bits per heavy atom. The van der Waals surface area contributed by atoms with E-state index in [1.165, 1.54) is 0 Å². The molecule has 0 bridgehead atoms. The Bertz CT molecular complexity index is 635. The number of aryl methyl sites for hydroxylation is 1. The average Bonchev–Trinajstić information content (AvgIpc) is 2.86. The Morgan fingerprint density at radius 2 is 2.14 bits per heavy atom. The lowest BCUT2D eigenvalue weighted by molar-refractivity contribution is -0.0778. The molecule has 3 rings (SSSR count). The average molecular weight is 311 g/mol. The molecule has 21 heavy (non-hydrogen) atoms. The van der Waals surface area contributed by atoms with Crippen molar-refractivity contribution in [1.29, 1.82) is 0 Å². The molecule has 0 saturated carbocycles. The van der Waals surface area contributed by atoms with Gasteiger partial charge in [0.1, 0.15) is 0 Å². The van der Waals surface area contributed by atoms with Crippen molar-refractivity contribution in [2.24, 2.45) is 0 Å². The molecule has 2 aliphatic heterocycles. The molecule has 1 spiro atoms. The molecule has 2 saturated heterocycles. The van der Waals surface area contributed by atoms with E-state index in [4.69, 9.17) is 15.2 Å². The monoisotopic (exact) mass is 311 g/mol. The van der Waals surface area contributed by atoms with Crippen molar-refractivity contribution >= 4 is 15.5 Å². The molecule has 0 amide bonds. The second-order valence-corrected chi connectivity index (χ2v) is 8.22. The number of ether oxygens (including phenoxy) is 2. The Hall–Kier alpha value is -1.11. The van der Waals surface area contributed by atoms with Gasteiger partial charge >= 0.3 is 0 Å². The zero-order valence-corrected chi connectivity index (χ0v) is 13.0. The quantitative estimate of drug-likeness (QED) is 0.841. The molecule has 2 atom stereocenters. The summed E-state index contributed by atoms with van der Waals surface area (Å²) in [5, 5.41) is -0.407. The van der Waals surface area contributed by atoms with Gasteiger partial charge in [-0.2, -0.15) is 0 Å². The first-order valence-corrected chi connectivity index (χ1v) is 8.79. The zero-order valence-electron chi connectivity index (χ0n) is 12.2. The number of nitrogens with two attached hydrogens (primary N) is 1. The first-order chi connectivity index (χ1) is 9.93. The highest BCUT2D eigenvalue weighted by atomic mass is 32.2. The summed E-state index contributed by atoms with van der Waals surface area (Å²) in [6.07, 6.45) is 1.83. The van der Waals surface area contributed by atoms with Gasteiger partial charge in [0.05, 0.1) is 22.4 Å². The summed E-state index contributed by atoms with van der Waals surface area (Å²) in [6, 6.07) is 4.97. The minimum atomic E-state index is -3.36. The highest BCUT2D eigenvalue weighted by Crippen LogP contribution is 2.37. The topological polar surface area (TPSA) is 78.6 Å². The molecule has 116 valence electrons. The van der Waals surface area contributed by atoms with Crippen LogP contribution in [0.2, 0.25) is 0 Å². The molecule has 0 aliphatic carbocycles. The van der Waals surface area contributed by atoms with Crippen molar-refractivity contribution in [1.82, 2.24) is 0 Å². The molecule has 5 nitrogen and oxygen atoms in total. The fraction of sp³-hybridized carbons (Fsp3) is 0.600. The predicted molar refractivity (Wildman–Crippen MR) is 79.9 cm³/mol. The van der Waals surface area contributed by atoms with E-state index in [0.717, 1.165) is 6.42 Å². The molecule has 0 aromatic heterocycles. The third-order valence-corrected chi connectivity index (χ3v) is 6.81. The van der Waals surface area contributed by atoms with Crippen molar-refractivity contribution in [3.8, 4) is 0 Å². The van der Waals surface area contributed by atoms with Crippen LogP contribution in [0.4, 0.5) is 5.69 Å². The maximum Gasteiger partial charge on any atom is 0.181 e. The number of nitrogen functional groups attached to an aromatic ring is 1. The first kappa shape index (κ1) is 14.8. The van der Waals surface area contributed by atoms with E-state index < -0.39 is 20.7 Å². The van der Waals surface area contributed by atoms with Crippen LogP contribution in [0.5, 0.6) is 0 Å². The lowest BCUT2D eigenvalue weighted by Crippen LogP contribution is -2.45. The second kappa shape index (κ2) is 5.26. The van der Waals surface area contributed by atoms with Gasteiger partial charge in [-0.15, -0.1) is 0 Å². The highest BCUT2D eigenvalue weighted by molar-refractivity contribution is 7.92. The summed E-state index contributed by atoms with van der Waals surface area (Å²) in [4.78, 5) is 0.387. The summed E-state index contributed by atoms with van der Waals surface area (Å²) >= 11 is 0. The number of sulfone groups is 1. The van der Waals surface area contributed by atoms with Crippen LogP contribution >= 0.6 is 0 Å². The predicted octanol–water partition coefficient (Wildman–Crippen LogP) is 1.69. The fourth-order valence-electron chi connectivity index (χ4n) is 3.28. The maximum absolute atomic E-state index is 12.9. The fourth-order valence-corrected chi connectivity index (χ4v) is 5.34. The molecule has 2 heterocycles. The van der Waals surface area contributed by atoms with Crippen LogP contribution in [0.25, 0.3) is 0 Å². The number of hydrogen-bond donors (Lipinski definition) is 1. The summed E-state index contributed by atoms with van der Waals surface area (Å²) in [5.74, 6) is 0. The van der Waals surface area contributed by atoms with Crippen LogP contribution < -0.4 is 5.73 Å². The lowest BCUT2D eigenvalue weighted by Gasteiger charge is -2.36. The largest absolute Gasteiger partial charge is 0.399 e. The molecule has 2 unspecified atom stereocenters. The van der Waals surface area contributed by atoms with E-state index in [0.29, 0.717) is 48.8 Å². The van der Waals surface area contributed by atoms with Gasteiger partial charge < -0.3 is 15.2 Å². The number of rotatable bonds is 2. The number of benzene rings is 1. The summed E-state index contributed by atoms with van der Waals surface area (Å²) < 4.78 is 37.1. The van der Waals surface area contributed by atoms with Crippen LogP contribution in [0.3, 0.4) is 0 Å². The molecular formula is C15H21NO4S. The van der Waals surface area contributed by atoms with Gasteiger partial charge in [0.15, 0.2) is 9.84 Å². The Balaban J connectivity index is 1.90. The third kappa shape index (κ3) is 2.67. The molecule has 6 heteroatoms. The van der Waals surface area contributed by atoms with Crippen LogP contribution in [0, 0.1) is 6.92 Å². The van der Waals surface area contributed by atoms with E-state index in [1.54, 1.807) is 25.1 Å². The van der Waals surface area contributed by atoms with Crippen LogP contribution in [-0.4, -0.2) is 39.1 Å². The first-order valence-electron chi connectivity index (χ1n) is 7.25. The van der Waals surface area contributed by atoms with Crippen LogP contribution in [0.1, 0.15) is 24.8 Å². The molecular weight excluding hydrogens is 290 g/mol. The highest BCUT2D eigenvalue weighted by Gasteiger charge is 2.45. The molecule has 1 aromatic rings. The molecule has 2 N–H and O–H groups in total. The van der Waals surface area contributed by atoms with E-state index in [1.807, 2.05) is 0 Å². The standard InChI is InChI=1S/C15H21NO4S/c1-11-8-12(16)2-3-14(11)21(17,18)13-4-6-20-15(9-13)5-7-19-10-15/h2-3,8,13H,4-7,9-10,16H2,1H3. The van der Waals surface area contributed by atoms with Crippen molar-refractivity contribution in [2.45, 2.75) is 41.9 Å². The van der Waals surface area contributed by atoms with Crippen LogP contribution in [-0.2, 0) is 19.3 Å². The molecule has 2 fully saturated rings. The minimum absolute atomic E-state index is 0.387. The van der Waals surface area contributed by atoms with Gasteiger partial charge in [0, 0.05) is 25.3 Å². The summed E-state index contributed by atoms with van der Waals surface area (Å²) in [6.45, 7) is 3.41. The van der Waals surface area contributed by atoms with E-state index in [2.05, 4.69) is 0 Å². The number of hydrogen-bond acceptors (Lipinski definition) is 5. The Labute approximate surface area is 125 Å². The Morgan fingerprint density at radius 1 is 1.33 bits per heavy atom. The lowest BCUT2D eigenvalue weighted by atomic mass is 9.93. The minimum Gasteiger partial charge on any atom is -0.399 e. The van der Waals surface area contributed by atoms with Gasteiger partial charge in [-0.3, -0.25) is 0 Å². The number of anilines is 1. The van der Waals surface area contributed by atoms with Crippen LogP contribution in [0.15, 0.2) is 23.1 Å². The molecule has 0 radical (unpaired) electrons. The van der Waals surface area contributed by atoms with Gasteiger partial charge in [-0.25, -0.2) is 8.42 Å². The van der Waals surface area contributed by atoms with Gasteiger partial charge in [0.2, 0.25) is 0 Å². The SMILES string of the molecule is Cc1cc(N)ccc1S(=O)(=O)C1CCOC2(CCOC2)C1. The van der Waals surface area contributed by atoms with E-state index in [9.17, 15) is 8.42 Å². The normalized spacial score (nSPS) is 29.9. The van der Waals surface area contributed by atoms with Crippen molar-refractivity contribution in [3.05, 3.63) is 23.8 Å². The van der Waals surface area contributed by atoms with Crippen molar-refractivity contribution in [3.63, 3.8) is 0 Å². The second-order valence-electron chi connectivity index (χ2n) is 6.02. The maximum atomic E-state index is 12.9. The smallest absolute Gasteiger partial charge is 0.181 e. The van der Waals surface area contributed by atoms with Gasteiger partial charge in [-0.1, -0.05) is 0 Å².